The van der Waals surface area contributed by atoms with Crippen LogP contribution in [-0.4, -0.2) is 0 Å². The van der Waals surface area contributed by atoms with Gasteiger partial charge in [-0.2, -0.15) is 0 Å². The van der Waals surface area contributed by atoms with Crippen LogP contribution in [0.1, 0.15) is 46.1 Å². The van der Waals surface area contributed by atoms with Gasteiger partial charge in [0.2, 0.25) is 0 Å². The van der Waals surface area contributed by atoms with Gasteiger partial charge in [0, 0.05) is 26.7 Å². The van der Waals surface area contributed by atoms with Crippen LogP contribution in [0.25, 0.3) is 0 Å². The molecule has 0 bridgehead atoms. The monoisotopic (exact) mass is 299 g/mol. The summed E-state index contributed by atoms with van der Waals surface area (Å²) in [7, 11) is 0. The molecule has 2 unspecified atom stereocenters. The fourth-order valence-electron chi connectivity index (χ4n) is 2.19. The smallest absolute Gasteiger partial charge is 0.0931 e. The van der Waals surface area contributed by atoms with Crippen LogP contribution in [0.4, 0.5) is 0 Å². The van der Waals surface area contributed by atoms with Gasteiger partial charge < -0.3 is 5.32 Å². The van der Waals surface area contributed by atoms with E-state index in [2.05, 4.69) is 45.1 Å². The highest BCUT2D eigenvalue weighted by Crippen LogP contribution is 2.31. The summed E-state index contributed by atoms with van der Waals surface area (Å²) in [5.74, 6) is 0. The average Bonchev–Trinajstić information content (AvgIpc) is 2.84. The molecule has 0 aliphatic carbocycles. The van der Waals surface area contributed by atoms with E-state index in [0.717, 1.165) is 4.34 Å². The van der Waals surface area contributed by atoms with Gasteiger partial charge in [0.25, 0.3) is 0 Å². The van der Waals surface area contributed by atoms with Crippen LogP contribution in [0.15, 0.2) is 18.2 Å². The van der Waals surface area contributed by atoms with Gasteiger partial charge >= 0.3 is 0 Å². The lowest BCUT2D eigenvalue weighted by atomic mass is 10.1. The first-order valence-electron chi connectivity index (χ1n) is 6.05. The molecule has 0 amide bonds. The molecule has 0 aliphatic rings. The number of rotatable bonds is 4. The number of aryl methyl sites for hydroxylation is 2. The number of nitrogens with one attached hydrogen (secondary N) is 1. The minimum absolute atomic E-state index is 0.331. The quantitative estimate of drug-likeness (QED) is 0.787. The Bertz CT molecular complexity index is 530. The number of thiophene rings is 2. The molecular formula is C14H18ClNS2. The van der Waals surface area contributed by atoms with E-state index in [1.165, 1.54) is 20.2 Å². The van der Waals surface area contributed by atoms with Gasteiger partial charge in [-0.25, -0.2) is 0 Å². The van der Waals surface area contributed by atoms with Crippen molar-refractivity contribution in [2.75, 3.05) is 0 Å². The molecular weight excluding hydrogens is 282 g/mol. The summed E-state index contributed by atoms with van der Waals surface area (Å²) in [5, 5.41) is 3.64. The fourth-order valence-corrected chi connectivity index (χ4v) is 4.28. The van der Waals surface area contributed by atoms with Gasteiger partial charge in [-0.1, -0.05) is 11.6 Å². The largest absolute Gasteiger partial charge is 0.303 e. The molecule has 1 N–H and O–H groups in total. The van der Waals surface area contributed by atoms with Crippen LogP contribution in [0.2, 0.25) is 4.34 Å². The molecule has 0 radical (unpaired) electrons. The Balaban J connectivity index is 2.07. The predicted molar refractivity (Wildman–Crippen MR) is 83.1 cm³/mol. The highest BCUT2D eigenvalue weighted by atomic mass is 35.5. The molecule has 0 saturated carbocycles. The van der Waals surface area contributed by atoms with E-state index in [9.17, 15) is 0 Å². The van der Waals surface area contributed by atoms with Crippen molar-refractivity contribution in [1.82, 2.24) is 5.32 Å². The van der Waals surface area contributed by atoms with E-state index < -0.39 is 0 Å². The molecule has 18 heavy (non-hydrogen) atoms. The lowest BCUT2D eigenvalue weighted by Crippen LogP contribution is -2.21. The minimum Gasteiger partial charge on any atom is -0.303 e. The summed E-state index contributed by atoms with van der Waals surface area (Å²) >= 11 is 9.49. The maximum Gasteiger partial charge on any atom is 0.0931 e. The summed E-state index contributed by atoms with van der Waals surface area (Å²) in [5.41, 5.74) is 1.41. The second-order valence-electron chi connectivity index (χ2n) is 4.62. The second kappa shape index (κ2) is 5.74. The molecule has 0 aliphatic heterocycles. The lowest BCUT2D eigenvalue weighted by Gasteiger charge is -2.19. The highest BCUT2D eigenvalue weighted by Gasteiger charge is 2.15. The van der Waals surface area contributed by atoms with Gasteiger partial charge in [-0.15, -0.1) is 22.7 Å². The van der Waals surface area contributed by atoms with Crippen molar-refractivity contribution in [3.05, 3.63) is 42.7 Å². The number of hydrogen-bond donors (Lipinski definition) is 1. The summed E-state index contributed by atoms with van der Waals surface area (Å²) in [6.07, 6.45) is 0. The summed E-state index contributed by atoms with van der Waals surface area (Å²) < 4.78 is 0.855. The molecule has 1 nitrogen and oxygen atoms in total. The van der Waals surface area contributed by atoms with Crippen molar-refractivity contribution in [3.8, 4) is 0 Å². The zero-order chi connectivity index (χ0) is 13.3. The summed E-state index contributed by atoms with van der Waals surface area (Å²) in [6, 6.07) is 7.04. The predicted octanol–water partition coefficient (Wildman–Crippen LogP) is 5.49. The van der Waals surface area contributed by atoms with E-state index >= 15 is 0 Å². The van der Waals surface area contributed by atoms with Crippen molar-refractivity contribution in [2.45, 2.75) is 39.8 Å². The molecule has 2 aromatic heterocycles. The van der Waals surface area contributed by atoms with Crippen molar-refractivity contribution < 1.29 is 0 Å². The SMILES string of the molecule is Cc1cc(C(C)NC(C)c2ccc(Cl)s2)c(C)s1. The van der Waals surface area contributed by atoms with Gasteiger partial charge in [0.05, 0.1) is 4.34 Å². The molecule has 4 heteroatoms. The van der Waals surface area contributed by atoms with E-state index in [-0.39, 0.29) is 0 Å². The molecule has 0 saturated heterocycles. The Morgan fingerprint density at radius 1 is 1.11 bits per heavy atom. The molecule has 0 aromatic carbocycles. The molecule has 0 fully saturated rings. The van der Waals surface area contributed by atoms with Crippen molar-refractivity contribution in [3.63, 3.8) is 0 Å². The van der Waals surface area contributed by atoms with Crippen molar-refractivity contribution >= 4 is 34.3 Å². The Morgan fingerprint density at radius 3 is 2.33 bits per heavy atom. The fraction of sp³-hybridized carbons (Fsp3) is 0.429. The highest BCUT2D eigenvalue weighted by molar-refractivity contribution is 7.16. The van der Waals surface area contributed by atoms with Crippen LogP contribution in [-0.2, 0) is 0 Å². The first-order valence-corrected chi connectivity index (χ1v) is 8.06. The normalized spacial score (nSPS) is 14.7. The Labute approximate surface area is 122 Å². The van der Waals surface area contributed by atoms with Crippen LogP contribution >= 0.6 is 34.3 Å². The zero-order valence-corrected chi connectivity index (χ0v) is 13.5. The Hall–Kier alpha value is -0.350. The Kier molecular flexibility index (Phi) is 4.49. The molecule has 2 rings (SSSR count). The zero-order valence-electron chi connectivity index (χ0n) is 11.1. The standard InChI is InChI=1S/C14H18ClNS2/c1-8-7-12(11(4)17-8)9(2)16-10(3)13-5-6-14(15)18-13/h5-7,9-10,16H,1-4H3. The maximum atomic E-state index is 5.98. The third kappa shape index (κ3) is 3.15. The van der Waals surface area contributed by atoms with Crippen LogP contribution in [0.3, 0.4) is 0 Å². The number of hydrogen-bond acceptors (Lipinski definition) is 3. The Morgan fingerprint density at radius 2 is 1.83 bits per heavy atom. The van der Waals surface area contributed by atoms with Crippen molar-refractivity contribution in [2.24, 2.45) is 0 Å². The van der Waals surface area contributed by atoms with Crippen LogP contribution in [0, 0.1) is 13.8 Å². The van der Waals surface area contributed by atoms with Crippen LogP contribution in [0.5, 0.6) is 0 Å². The van der Waals surface area contributed by atoms with E-state index in [1.54, 1.807) is 11.3 Å². The third-order valence-corrected chi connectivity index (χ3v) is 5.46. The lowest BCUT2D eigenvalue weighted by molar-refractivity contribution is 0.499. The van der Waals surface area contributed by atoms with Gasteiger partial charge in [-0.05, 0) is 51.5 Å². The van der Waals surface area contributed by atoms with Gasteiger partial charge in [0.15, 0.2) is 0 Å². The van der Waals surface area contributed by atoms with Crippen LogP contribution < -0.4 is 5.32 Å². The molecule has 0 spiro atoms. The van der Waals surface area contributed by atoms with E-state index in [4.69, 9.17) is 11.6 Å². The number of halogens is 1. The molecule has 98 valence electrons. The van der Waals surface area contributed by atoms with E-state index in [1.807, 2.05) is 17.4 Å². The topological polar surface area (TPSA) is 12.0 Å². The molecule has 2 aromatic rings. The van der Waals surface area contributed by atoms with Gasteiger partial charge in [-0.3, -0.25) is 0 Å². The minimum atomic E-state index is 0.331. The maximum absolute atomic E-state index is 5.98. The van der Waals surface area contributed by atoms with Crippen molar-refractivity contribution in [1.29, 1.82) is 0 Å². The average molecular weight is 300 g/mol. The second-order valence-corrected chi connectivity index (χ2v) is 7.83. The van der Waals surface area contributed by atoms with Gasteiger partial charge in [0.1, 0.15) is 0 Å². The first-order chi connectivity index (χ1) is 8.47. The summed E-state index contributed by atoms with van der Waals surface area (Å²) in [6.45, 7) is 8.77. The first kappa shape index (κ1) is 14.1. The third-order valence-electron chi connectivity index (χ3n) is 3.07. The molecule has 2 heterocycles. The van der Waals surface area contributed by atoms with E-state index in [0.29, 0.717) is 12.1 Å². The molecule has 2 atom stereocenters. The summed E-state index contributed by atoms with van der Waals surface area (Å²) in [4.78, 5) is 4.07.